The molecule has 0 aliphatic carbocycles. The fourth-order valence-electron chi connectivity index (χ4n) is 3.55. The number of ether oxygens (including phenoxy) is 2. The minimum atomic E-state index is -0.900. The zero-order valence-electron chi connectivity index (χ0n) is 16.6. The van der Waals surface area contributed by atoms with Crippen molar-refractivity contribution in [2.45, 2.75) is 12.6 Å². The summed E-state index contributed by atoms with van der Waals surface area (Å²) in [6.07, 6.45) is 1.45. The SMILES string of the molecule is COc1cc(/C(O)=C2\C(=O)C(=O)N(Cc3cccs3)C2c2ccco2)c(OC)cc1Cl. The van der Waals surface area contributed by atoms with E-state index in [0.29, 0.717) is 5.76 Å². The van der Waals surface area contributed by atoms with Gasteiger partial charge in [-0.2, -0.15) is 0 Å². The van der Waals surface area contributed by atoms with Crippen LogP contribution in [0.5, 0.6) is 11.5 Å². The van der Waals surface area contributed by atoms with Crippen LogP contribution in [0.3, 0.4) is 0 Å². The molecule has 0 radical (unpaired) electrons. The van der Waals surface area contributed by atoms with Gasteiger partial charge in [-0.25, -0.2) is 0 Å². The number of furan rings is 1. The number of aliphatic hydroxyl groups excluding tert-OH is 1. The molecule has 1 atom stereocenters. The molecule has 3 aromatic rings. The van der Waals surface area contributed by atoms with Crippen molar-refractivity contribution in [1.82, 2.24) is 4.90 Å². The summed E-state index contributed by atoms with van der Waals surface area (Å²) in [6.45, 7) is 0.200. The molecule has 4 rings (SSSR count). The van der Waals surface area contributed by atoms with Crippen LogP contribution >= 0.6 is 22.9 Å². The molecule has 1 aromatic carbocycles. The van der Waals surface area contributed by atoms with Gasteiger partial charge in [0.15, 0.2) is 0 Å². The molecule has 0 spiro atoms. The lowest BCUT2D eigenvalue weighted by Gasteiger charge is -2.23. The monoisotopic (exact) mass is 459 g/mol. The average molecular weight is 460 g/mol. The molecule has 1 aliphatic heterocycles. The number of benzene rings is 1. The van der Waals surface area contributed by atoms with Crippen molar-refractivity contribution in [1.29, 1.82) is 0 Å². The fraction of sp³-hybridized carbons (Fsp3) is 0.182. The predicted octanol–water partition coefficient (Wildman–Crippen LogP) is 4.63. The fourth-order valence-corrected chi connectivity index (χ4v) is 4.48. The van der Waals surface area contributed by atoms with Gasteiger partial charge in [0.05, 0.1) is 43.2 Å². The van der Waals surface area contributed by atoms with E-state index >= 15 is 0 Å². The lowest BCUT2D eigenvalue weighted by Crippen LogP contribution is -2.28. The Balaban J connectivity index is 1.90. The van der Waals surface area contributed by atoms with Crippen LogP contribution in [-0.4, -0.2) is 35.9 Å². The molecule has 7 nitrogen and oxygen atoms in total. The zero-order valence-corrected chi connectivity index (χ0v) is 18.2. The Kier molecular flexibility index (Phi) is 5.75. The predicted molar refractivity (Wildman–Crippen MR) is 115 cm³/mol. The first kappa shape index (κ1) is 21.0. The van der Waals surface area contributed by atoms with Crippen molar-refractivity contribution >= 4 is 40.4 Å². The van der Waals surface area contributed by atoms with Gasteiger partial charge in [0.25, 0.3) is 11.7 Å². The van der Waals surface area contributed by atoms with Crippen molar-refractivity contribution in [2.24, 2.45) is 0 Å². The van der Waals surface area contributed by atoms with Gasteiger partial charge in [0.1, 0.15) is 29.1 Å². The third-order valence-electron chi connectivity index (χ3n) is 4.99. The number of thiophene rings is 1. The normalized spacial score (nSPS) is 17.9. The summed E-state index contributed by atoms with van der Waals surface area (Å²) in [5.74, 6) is -1.07. The molecule has 1 unspecified atom stereocenters. The molecule has 3 heterocycles. The van der Waals surface area contributed by atoms with Crippen LogP contribution in [0.4, 0.5) is 0 Å². The number of nitrogens with zero attached hydrogens (tertiary/aromatic N) is 1. The van der Waals surface area contributed by atoms with Crippen molar-refractivity contribution in [3.05, 3.63) is 74.8 Å². The highest BCUT2D eigenvalue weighted by atomic mass is 35.5. The van der Waals surface area contributed by atoms with Gasteiger partial charge in [0.2, 0.25) is 0 Å². The second-order valence-electron chi connectivity index (χ2n) is 6.71. The van der Waals surface area contributed by atoms with Gasteiger partial charge < -0.3 is 23.9 Å². The molecule has 0 bridgehead atoms. The lowest BCUT2D eigenvalue weighted by atomic mass is 9.98. The van der Waals surface area contributed by atoms with Gasteiger partial charge in [-0.15, -0.1) is 11.3 Å². The molecule has 160 valence electrons. The van der Waals surface area contributed by atoms with Crippen molar-refractivity contribution in [2.75, 3.05) is 14.2 Å². The summed E-state index contributed by atoms with van der Waals surface area (Å²) in [5.41, 5.74) is 0.0774. The summed E-state index contributed by atoms with van der Waals surface area (Å²) in [4.78, 5) is 28.3. The summed E-state index contributed by atoms with van der Waals surface area (Å²) in [6, 6.07) is 9.09. The van der Waals surface area contributed by atoms with Crippen LogP contribution in [0.15, 0.2) is 58.0 Å². The second-order valence-corrected chi connectivity index (χ2v) is 8.15. The van der Waals surface area contributed by atoms with E-state index in [1.54, 1.807) is 12.1 Å². The van der Waals surface area contributed by atoms with E-state index in [1.807, 2.05) is 17.5 Å². The number of ketones is 1. The Morgan fingerprint density at radius 1 is 1.19 bits per heavy atom. The molecule has 1 amide bonds. The van der Waals surface area contributed by atoms with Gasteiger partial charge in [0, 0.05) is 10.9 Å². The Labute approximate surface area is 187 Å². The van der Waals surface area contributed by atoms with Gasteiger partial charge >= 0.3 is 0 Å². The van der Waals surface area contributed by atoms with Crippen LogP contribution in [0.2, 0.25) is 5.02 Å². The number of rotatable bonds is 6. The molecule has 1 fully saturated rings. The van der Waals surface area contributed by atoms with Gasteiger partial charge in [-0.1, -0.05) is 17.7 Å². The number of hydrogen-bond acceptors (Lipinski definition) is 7. The number of amides is 1. The number of methoxy groups -OCH3 is 2. The number of likely N-dealkylation sites (tertiary alicyclic amines) is 1. The number of carbonyl (C=O) groups is 2. The summed E-state index contributed by atoms with van der Waals surface area (Å²) in [7, 11) is 2.84. The van der Waals surface area contributed by atoms with E-state index in [1.165, 1.54) is 48.9 Å². The molecular weight excluding hydrogens is 442 g/mol. The van der Waals surface area contributed by atoms with Crippen molar-refractivity contribution < 1.29 is 28.6 Å². The number of hydrogen-bond donors (Lipinski definition) is 1. The molecule has 0 saturated carbocycles. The third-order valence-corrected chi connectivity index (χ3v) is 6.14. The highest BCUT2D eigenvalue weighted by molar-refractivity contribution is 7.09. The van der Waals surface area contributed by atoms with Gasteiger partial charge in [-0.05, 0) is 29.6 Å². The van der Waals surface area contributed by atoms with Crippen LogP contribution < -0.4 is 9.47 Å². The summed E-state index contributed by atoms with van der Waals surface area (Å²) < 4.78 is 16.1. The Hall–Kier alpha value is -3.23. The maximum atomic E-state index is 13.0. The standard InChI is InChI=1S/C22H18ClNO6S/c1-28-16-10-14(23)17(29-2)9-13(16)20(25)18-19(15-6-3-7-30-15)24(22(27)21(18)26)11-12-5-4-8-31-12/h3-10,19,25H,11H2,1-2H3/b20-18+. The van der Waals surface area contributed by atoms with Crippen LogP contribution in [-0.2, 0) is 16.1 Å². The number of Topliss-reactive ketones (excluding diaryl/α,β-unsaturated/α-hetero) is 1. The first-order valence-electron chi connectivity index (χ1n) is 9.22. The Bertz CT molecular complexity index is 1150. The molecule has 1 saturated heterocycles. The topological polar surface area (TPSA) is 89.2 Å². The van der Waals surface area contributed by atoms with Gasteiger partial charge in [-0.3, -0.25) is 9.59 Å². The first-order valence-corrected chi connectivity index (χ1v) is 10.5. The van der Waals surface area contributed by atoms with Crippen LogP contribution in [0.1, 0.15) is 22.2 Å². The highest BCUT2D eigenvalue weighted by Gasteiger charge is 2.47. The minimum absolute atomic E-state index is 0.0980. The minimum Gasteiger partial charge on any atom is -0.507 e. The average Bonchev–Trinajstić information content (AvgIpc) is 3.52. The number of halogens is 1. The molecule has 2 aromatic heterocycles. The van der Waals surface area contributed by atoms with Crippen LogP contribution in [0, 0.1) is 0 Å². The van der Waals surface area contributed by atoms with E-state index in [-0.39, 0.29) is 34.2 Å². The van der Waals surface area contributed by atoms with Crippen molar-refractivity contribution in [3.8, 4) is 11.5 Å². The Morgan fingerprint density at radius 2 is 1.97 bits per heavy atom. The van der Waals surface area contributed by atoms with E-state index in [2.05, 4.69) is 0 Å². The van der Waals surface area contributed by atoms with E-state index in [9.17, 15) is 14.7 Å². The smallest absolute Gasteiger partial charge is 0.296 e. The third kappa shape index (κ3) is 3.68. The second kappa shape index (κ2) is 8.49. The van der Waals surface area contributed by atoms with E-state index in [4.69, 9.17) is 25.5 Å². The largest absolute Gasteiger partial charge is 0.507 e. The zero-order chi connectivity index (χ0) is 22.1. The lowest BCUT2D eigenvalue weighted by molar-refractivity contribution is -0.140. The molecule has 31 heavy (non-hydrogen) atoms. The molecular formula is C22H18ClNO6S. The van der Waals surface area contributed by atoms with Crippen molar-refractivity contribution in [3.63, 3.8) is 0 Å². The molecule has 9 heteroatoms. The number of aliphatic hydroxyl groups is 1. The Morgan fingerprint density at radius 3 is 2.58 bits per heavy atom. The van der Waals surface area contributed by atoms with E-state index in [0.717, 1.165) is 4.88 Å². The maximum absolute atomic E-state index is 13.0. The maximum Gasteiger partial charge on any atom is 0.296 e. The summed E-state index contributed by atoms with van der Waals surface area (Å²) in [5, 5.41) is 13.4. The highest BCUT2D eigenvalue weighted by Crippen LogP contribution is 2.43. The number of carbonyl (C=O) groups excluding carboxylic acids is 2. The molecule has 1 aliphatic rings. The summed E-state index contributed by atoms with van der Waals surface area (Å²) >= 11 is 7.63. The first-order chi connectivity index (χ1) is 15.0. The molecule has 1 N–H and O–H groups in total. The quantitative estimate of drug-likeness (QED) is 0.328. The van der Waals surface area contributed by atoms with Crippen LogP contribution in [0.25, 0.3) is 5.76 Å². The van der Waals surface area contributed by atoms with E-state index < -0.39 is 23.5 Å².